The third-order valence-corrected chi connectivity index (χ3v) is 6.46. The lowest BCUT2D eigenvalue weighted by molar-refractivity contribution is -0.191. The van der Waals surface area contributed by atoms with E-state index < -0.39 is 12.1 Å². The zero-order valence-corrected chi connectivity index (χ0v) is 13.6. The van der Waals surface area contributed by atoms with Gasteiger partial charge in [-0.15, -0.1) is 0 Å². The summed E-state index contributed by atoms with van der Waals surface area (Å²) in [6.45, 7) is 1.97. The molecule has 3 aliphatic rings. The number of likely N-dealkylation sites (tertiary alicyclic amines) is 1. The van der Waals surface area contributed by atoms with E-state index in [4.69, 9.17) is 0 Å². The van der Waals surface area contributed by atoms with Crippen molar-refractivity contribution in [3.63, 3.8) is 0 Å². The Hall–Kier alpha value is -0.250. The van der Waals surface area contributed by atoms with Gasteiger partial charge >= 0.3 is 6.18 Å². The van der Waals surface area contributed by atoms with Crippen LogP contribution in [0.2, 0.25) is 0 Å². The van der Waals surface area contributed by atoms with Crippen molar-refractivity contribution in [1.29, 1.82) is 0 Å². The van der Waals surface area contributed by atoms with Crippen LogP contribution < -0.4 is 0 Å². The molecule has 4 heteroatoms. The summed E-state index contributed by atoms with van der Waals surface area (Å²) in [7, 11) is 0. The highest BCUT2D eigenvalue weighted by Crippen LogP contribution is 2.50. The lowest BCUT2D eigenvalue weighted by atomic mass is 9.69. The fraction of sp³-hybridized carbons (Fsp3) is 1.00. The number of hydrogen-bond donors (Lipinski definition) is 0. The first kappa shape index (κ1) is 16.6. The molecule has 0 unspecified atom stereocenters. The minimum absolute atomic E-state index is 0.0270. The number of halogens is 3. The van der Waals surface area contributed by atoms with E-state index in [-0.39, 0.29) is 5.41 Å². The molecule has 2 atom stereocenters. The van der Waals surface area contributed by atoms with Crippen LogP contribution in [0.15, 0.2) is 0 Å². The summed E-state index contributed by atoms with van der Waals surface area (Å²) >= 11 is 0. The smallest absolute Gasteiger partial charge is 0.300 e. The second-order valence-electron chi connectivity index (χ2n) is 8.05. The van der Waals surface area contributed by atoms with E-state index >= 15 is 0 Å². The summed E-state index contributed by atoms with van der Waals surface area (Å²) in [5.41, 5.74) is -0.0270. The van der Waals surface area contributed by atoms with Gasteiger partial charge in [-0.3, -0.25) is 4.90 Å². The van der Waals surface area contributed by atoms with Crippen LogP contribution in [0.3, 0.4) is 0 Å². The molecule has 2 saturated carbocycles. The Morgan fingerprint density at radius 1 is 0.818 bits per heavy atom. The Bertz CT molecular complexity index is 360. The summed E-state index contributed by atoms with van der Waals surface area (Å²) in [4.78, 5) is 2.56. The Morgan fingerprint density at radius 2 is 1.50 bits per heavy atom. The molecule has 1 nitrogen and oxygen atoms in total. The second-order valence-corrected chi connectivity index (χ2v) is 8.05. The Kier molecular flexibility index (Phi) is 5.06. The van der Waals surface area contributed by atoms with Crippen molar-refractivity contribution in [3.8, 4) is 0 Å². The highest BCUT2D eigenvalue weighted by Gasteiger charge is 2.50. The molecule has 3 rings (SSSR count). The topological polar surface area (TPSA) is 3.24 Å². The van der Waals surface area contributed by atoms with Gasteiger partial charge in [-0.1, -0.05) is 38.5 Å². The van der Waals surface area contributed by atoms with E-state index in [1.54, 1.807) is 0 Å². The van der Waals surface area contributed by atoms with Gasteiger partial charge in [0.05, 0.1) is 5.92 Å². The molecule has 0 bridgehead atoms. The summed E-state index contributed by atoms with van der Waals surface area (Å²) < 4.78 is 39.3. The van der Waals surface area contributed by atoms with Crippen molar-refractivity contribution in [3.05, 3.63) is 0 Å². The summed E-state index contributed by atoms with van der Waals surface area (Å²) in [6.07, 6.45) is 8.72. The summed E-state index contributed by atoms with van der Waals surface area (Å²) in [5.74, 6) is -1.04. The van der Waals surface area contributed by atoms with Crippen LogP contribution in [0.25, 0.3) is 0 Å². The number of hydrogen-bond acceptors (Lipinski definition) is 1. The van der Waals surface area contributed by atoms with E-state index in [0.29, 0.717) is 18.9 Å². The molecule has 3 fully saturated rings. The molecule has 0 N–H and O–H groups in total. The van der Waals surface area contributed by atoms with Gasteiger partial charge in [-0.25, -0.2) is 0 Å². The van der Waals surface area contributed by atoms with Crippen LogP contribution in [-0.4, -0.2) is 30.2 Å². The lowest BCUT2D eigenvalue weighted by Crippen LogP contribution is -2.40. The molecule has 22 heavy (non-hydrogen) atoms. The number of alkyl halides is 3. The largest absolute Gasteiger partial charge is 0.391 e. The zero-order chi connectivity index (χ0) is 15.6. The van der Waals surface area contributed by atoms with Crippen LogP contribution in [0, 0.1) is 11.3 Å². The normalized spacial score (nSPS) is 36.4. The maximum Gasteiger partial charge on any atom is 0.391 e. The van der Waals surface area contributed by atoms with Crippen LogP contribution in [-0.2, 0) is 0 Å². The highest BCUT2D eigenvalue weighted by atomic mass is 19.4. The Balaban J connectivity index is 1.60. The summed E-state index contributed by atoms with van der Waals surface area (Å²) in [6, 6.07) is 0.644. The maximum absolute atomic E-state index is 13.1. The van der Waals surface area contributed by atoms with Gasteiger partial charge in [-0.05, 0) is 50.5 Å². The van der Waals surface area contributed by atoms with E-state index in [9.17, 15) is 13.2 Å². The molecule has 0 aromatic rings. The molecule has 1 aliphatic heterocycles. The molecule has 0 radical (unpaired) electrons. The maximum atomic E-state index is 13.1. The van der Waals surface area contributed by atoms with Crippen LogP contribution in [0.4, 0.5) is 13.2 Å². The molecule has 1 heterocycles. The average molecular weight is 317 g/mol. The van der Waals surface area contributed by atoms with Crippen LogP contribution in [0.1, 0.15) is 77.0 Å². The van der Waals surface area contributed by atoms with Gasteiger partial charge in [0.15, 0.2) is 0 Å². The third kappa shape index (κ3) is 3.80. The van der Waals surface area contributed by atoms with Gasteiger partial charge in [-0.2, -0.15) is 13.2 Å². The van der Waals surface area contributed by atoms with Crippen molar-refractivity contribution in [2.45, 2.75) is 89.3 Å². The van der Waals surface area contributed by atoms with Crippen LogP contribution in [0.5, 0.6) is 0 Å². The quantitative estimate of drug-likeness (QED) is 0.613. The lowest BCUT2D eigenvalue weighted by Gasteiger charge is -2.40. The Labute approximate surface area is 132 Å². The second kappa shape index (κ2) is 6.70. The predicted molar refractivity (Wildman–Crippen MR) is 82.7 cm³/mol. The molecule has 1 spiro atoms. The SMILES string of the molecule is FC(F)(F)[C@H]1CCC[C@]2(CCN(C3CCCCCCC3)C2)C1. The van der Waals surface area contributed by atoms with Gasteiger partial charge in [0, 0.05) is 12.6 Å². The summed E-state index contributed by atoms with van der Waals surface area (Å²) in [5, 5.41) is 0. The number of rotatable bonds is 1. The fourth-order valence-electron chi connectivity index (χ4n) is 5.18. The average Bonchev–Trinajstić information content (AvgIpc) is 2.81. The third-order valence-electron chi connectivity index (χ3n) is 6.46. The first-order valence-corrected chi connectivity index (χ1v) is 9.29. The fourth-order valence-corrected chi connectivity index (χ4v) is 5.18. The molecular weight excluding hydrogens is 287 g/mol. The van der Waals surface area contributed by atoms with Gasteiger partial charge in [0.25, 0.3) is 0 Å². The minimum Gasteiger partial charge on any atom is -0.300 e. The standard InChI is InChI=1S/C18H30F3N/c19-18(20,21)15-7-6-10-17(13-15)11-12-22(14-17)16-8-4-2-1-3-5-9-16/h15-16H,1-14H2/t15-,17-/m0/s1. The van der Waals surface area contributed by atoms with Crippen molar-refractivity contribution in [2.75, 3.05) is 13.1 Å². The van der Waals surface area contributed by atoms with E-state index in [2.05, 4.69) is 4.90 Å². The van der Waals surface area contributed by atoms with Crippen molar-refractivity contribution in [2.24, 2.45) is 11.3 Å². The van der Waals surface area contributed by atoms with Gasteiger partial charge < -0.3 is 0 Å². The molecular formula is C18H30F3N. The molecule has 0 amide bonds. The van der Waals surface area contributed by atoms with E-state index in [0.717, 1.165) is 32.4 Å². The molecule has 0 aromatic heterocycles. The molecule has 2 aliphatic carbocycles. The molecule has 0 aromatic carbocycles. The van der Waals surface area contributed by atoms with Gasteiger partial charge in [0.1, 0.15) is 0 Å². The number of nitrogens with zero attached hydrogens (tertiary/aromatic N) is 1. The van der Waals surface area contributed by atoms with Crippen molar-refractivity contribution in [1.82, 2.24) is 4.90 Å². The van der Waals surface area contributed by atoms with Crippen molar-refractivity contribution < 1.29 is 13.2 Å². The van der Waals surface area contributed by atoms with E-state index in [1.807, 2.05) is 0 Å². The van der Waals surface area contributed by atoms with E-state index in [1.165, 1.54) is 44.9 Å². The van der Waals surface area contributed by atoms with Gasteiger partial charge in [0.2, 0.25) is 0 Å². The first-order valence-electron chi connectivity index (χ1n) is 9.29. The molecule has 1 saturated heterocycles. The predicted octanol–water partition coefficient (Wildman–Crippen LogP) is 5.54. The molecule has 128 valence electrons. The first-order chi connectivity index (χ1) is 10.5. The van der Waals surface area contributed by atoms with Crippen LogP contribution >= 0.6 is 0 Å². The monoisotopic (exact) mass is 317 g/mol. The Morgan fingerprint density at radius 3 is 2.18 bits per heavy atom. The zero-order valence-electron chi connectivity index (χ0n) is 13.6. The highest BCUT2D eigenvalue weighted by molar-refractivity contribution is 4.97. The minimum atomic E-state index is -3.99. The van der Waals surface area contributed by atoms with Crippen molar-refractivity contribution >= 4 is 0 Å².